The Balaban J connectivity index is 2.54. The van der Waals surface area contributed by atoms with Crippen molar-refractivity contribution in [1.29, 1.82) is 0 Å². The first-order chi connectivity index (χ1) is 7.16. The Bertz CT molecular complexity index is 493. The molecule has 2 N–H and O–H groups in total. The van der Waals surface area contributed by atoms with Gasteiger partial charge in [0.1, 0.15) is 0 Å². The van der Waals surface area contributed by atoms with Gasteiger partial charge in [-0.1, -0.05) is 6.07 Å². The number of carbonyl (C=O) groups is 1. The maximum atomic E-state index is 11.0. The number of nitrogens with zero attached hydrogens (tertiary/aromatic N) is 2. The van der Waals surface area contributed by atoms with Crippen LogP contribution < -0.4 is 5.73 Å². The molecule has 0 spiro atoms. The van der Waals surface area contributed by atoms with Crippen molar-refractivity contribution in [2.45, 2.75) is 6.92 Å². The molecule has 0 aliphatic carbocycles. The van der Waals surface area contributed by atoms with Gasteiger partial charge in [0.15, 0.2) is 0 Å². The number of primary amides is 1. The van der Waals surface area contributed by atoms with E-state index in [1.807, 2.05) is 30.5 Å². The lowest BCUT2D eigenvalue weighted by Gasteiger charge is -2.01. The number of hydrogen-bond donors (Lipinski definition) is 1. The van der Waals surface area contributed by atoms with E-state index in [0.29, 0.717) is 0 Å². The maximum Gasteiger partial charge on any atom is 0.286 e. The predicted octanol–water partition coefficient (Wildman–Crippen LogP) is 1.61. The third-order valence-electron chi connectivity index (χ3n) is 1.85. The molecule has 0 unspecified atom stereocenters. The van der Waals surface area contributed by atoms with Crippen LogP contribution in [0, 0.1) is 6.92 Å². The summed E-state index contributed by atoms with van der Waals surface area (Å²) in [5, 5.41) is 1.96. The van der Waals surface area contributed by atoms with Crippen molar-refractivity contribution in [1.82, 2.24) is 9.97 Å². The zero-order valence-electron chi connectivity index (χ0n) is 8.10. The van der Waals surface area contributed by atoms with Gasteiger partial charge in [0, 0.05) is 5.69 Å². The fourth-order valence-corrected chi connectivity index (χ4v) is 1.92. The molecule has 0 saturated carbocycles. The molecule has 0 atom stereocenters. The van der Waals surface area contributed by atoms with Crippen molar-refractivity contribution in [2.24, 2.45) is 5.73 Å². The summed E-state index contributed by atoms with van der Waals surface area (Å²) in [7, 11) is 0. The van der Waals surface area contributed by atoms with Crippen LogP contribution in [0.25, 0.3) is 10.6 Å². The van der Waals surface area contributed by atoms with E-state index in [9.17, 15) is 4.79 Å². The van der Waals surface area contributed by atoms with Crippen LogP contribution >= 0.6 is 11.3 Å². The molecule has 15 heavy (non-hydrogen) atoms. The minimum Gasteiger partial charge on any atom is -0.363 e. The maximum absolute atomic E-state index is 11.0. The lowest BCUT2D eigenvalue weighted by Crippen LogP contribution is -2.16. The quantitative estimate of drug-likeness (QED) is 0.834. The number of thiophene rings is 1. The van der Waals surface area contributed by atoms with Crippen LogP contribution in [0.15, 0.2) is 23.6 Å². The summed E-state index contributed by atoms with van der Waals surface area (Å²) < 4.78 is 0. The van der Waals surface area contributed by atoms with E-state index in [-0.39, 0.29) is 5.82 Å². The highest BCUT2D eigenvalue weighted by molar-refractivity contribution is 7.13. The normalized spacial score (nSPS) is 10.2. The molecule has 4 nitrogen and oxygen atoms in total. The van der Waals surface area contributed by atoms with Crippen molar-refractivity contribution in [2.75, 3.05) is 0 Å². The molecule has 2 heterocycles. The summed E-state index contributed by atoms with van der Waals surface area (Å²) in [6, 6.07) is 5.71. The average molecular weight is 219 g/mol. The molecule has 2 aromatic rings. The largest absolute Gasteiger partial charge is 0.363 e. The van der Waals surface area contributed by atoms with Gasteiger partial charge in [-0.3, -0.25) is 4.79 Å². The second-order valence-corrected chi connectivity index (χ2v) is 4.01. The molecule has 0 aliphatic rings. The van der Waals surface area contributed by atoms with Crippen molar-refractivity contribution < 1.29 is 4.79 Å². The number of aromatic nitrogens is 2. The van der Waals surface area contributed by atoms with E-state index in [0.717, 1.165) is 16.3 Å². The Hall–Kier alpha value is -1.75. The number of carbonyl (C=O) groups excluding carboxylic acids is 1. The smallest absolute Gasteiger partial charge is 0.286 e. The molecular weight excluding hydrogens is 210 g/mol. The number of rotatable bonds is 2. The second kappa shape index (κ2) is 3.78. The molecule has 2 aromatic heterocycles. The monoisotopic (exact) mass is 219 g/mol. The van der Waals surface area contributed by atoms with Gasteiger partial charge in [-0.25, -0.2) is 9.97 Å². The first-order valence-electron chi connectivity index (χ1n) is 4.36. The first-order valence-corrected chi connectivity index (χ1v) is 5.24. The van der Waals surface area contributed by atoms with Gasteiger partial charge in [0.05, 0.1) is 10.6 Å². The average Bonchev–Trinajstić information content (AvgIpc) is 2.69. The van der Waals surface area contributed by atoms with Gasteiger partial charge in [-0.2, -0.15) is 0 Å². The van der Waals surface area contributed by atoms with Crippen LogP contribution in [-0.4, -0.2) is 15.9 Å². The highest BCUT2D eigenvalue weighted by Gasteiger charge is 2.08. The molecule has 0 saturated heterocycles. The van der Waals surface area contributed by atoms with Gasteiger partial charge in [-0.15, -0.1) is 11.3 Å². The van der Waals surface area contributed by atoms with Gasteiger partial charge in [0.25, 0.3) is 5.91 Å². The Labute approximate surface area is 90.8 Å². The van der Waals surface area contributed by atoms with Crippen LogP contribution in [0.5, 0.6) is 0 Å². The first kappa shape index (κ1) is 9.79. The summed E-state index contributed by atoms with van der Waals surface area (Å²) in [5.41, 5.74) is 6.62. The van der Waals surface area contributed by atoms with E-state index >= 15 is 0 Å². The van der Waals surface area contributed by atoms with Crippen molar-refractivity contribution >= 4 is 17.2 Å². The fourth-order valence-electron chi connectivity index (χ4n) is 1.23. The van der Waals surface area contributed by atoms with Crippen molar-refractivity contribution in [3.63, 3.8) is 0 Å². The van der Waals surface area contributed by atoms with E-state index in [2.05, 4.69) is 9.97 Å². The molecule has 0 radical (unpaired) electrons. The summed E-state index contributed by atoms with van der Waals surface area (Å²) in [6.07, 6.45) is 0. The molecular formula is C10H9N3OS. The van der Waals surface area contributed by atoms with E-state index in [4.69, 9.17) is 5.73 Å². The summed E-state index contributed by atoms with van der Waals surface area (Å²) in [5.74, 6) is -0.532. The Kier molecular flexibility index (Phi) is 2.47. The number of aryl methyl sites for hydroxylation is 1. The lowest BCUT2D eigenvalue weighted by molar-refractivity contribution is 0.0990. The zero-order chi connectivity index (χ0) is 10.8. The minimum absolute atomic E-state index is 0.0680. The van der Waals surface area contributed by atoms with E-state index in [1.165, 1.54) is 0 Å². The van der Waals surface area contributed by atoms with Crippen LogP contribution in [0.3, 0.4) is 0 Å². The van der Waals surface area contributed by atoms with Crippen molar-refractivity contribution in [3.05, 3.63) is 35.1 Å². The summed E-state index contributed by atoms with van der Waals surface area (Å²) in [6.45, 7) is 1.81. The summed E-state index contributed by atoms with van der Waals surface area (Å²) in [4.78, 5) is 20.0. The van der Waals surface area contributed by atoms with E-state index < -0.39 is 5.91 Å². The molecule has 0 bridgehead atoms. The van der Waals surface area contributed by atoms with Gasteiger partial charge < -0.3 is 5.73 Å². The van der Waals surface area contributed by atoms with Crippen LogP contribution in [0.4, 0.5) is 0 Å². The molecule has 0 aliphatic heterocycles. The Morgan fingerprint density at radius 2 is 2.27 bits per heavy atom. The second-order valence-electron chi connectivity index (χ2n) is 3.06. The SMILES string of the molecule is Cc1cc(-c2cccs2)nc(C(N)=O)n1. The number of hydrogen-bond acceptors (Lipinski definition) is 4. The third kappa shape index (κ3) is 2.02. The number of nitrogens with two attached hydrogens (primary N) is 1. The molecule has 1 amide bonds. The van der Waals surface area contributed by atoms with Crippen LogP contribution in [0.1, 0.15) is 16.3 Å². The lowest BCUT2D eigenvalue weighted by atomic mass is 10.3. The fraction of sp³-hybridized carbons (Fsp3) is 0.100. The molecule has 0 fully saturated rings. The zero-order valence-corrected chi connectivity index (χ0v) is 8.91. The van der Waals surface area contributed by atoms with E-state index in [1.54, 1.807) is 11.3 Å². The van der Waals surface area contributed by atoms with Crippen LogP contribution in [-0.2, 0) is 0 Å². The van der Waals surface area contributed by atoms with Gasteiger partial charge in [0.2, 0.25) is 5.82 Å². The van der Waals surface area contributed by atoms with Gasteiger partial charge >= 0.3 is 0 Å². The summed E-state index contributed by atoms with van der Waals surface area (Å²) >= 11 is 1.56. The topological polar surface area (TPSA) is 68.9 Å². The highest BCUT2D eigenvalue weighted by Crippen LogP contribution is 2.22. The molecule has 2 rings (SSSR count). The Morgan fingerprint density at radius 1 is 1.47 bits per heavy atom. The molecule has 5 heteroatoms. The highest BCUT2D eigenvalue weighted by atomic mass is 32.1. The molecule has 76 valence electrons. The Morgan fingerprint density at radius 3 is 2.87 bits per heavy atom. The standard InChI is InChI=1S/C10H9N3OS/c1-6-5-7(8-3-2-4-15-8)13-10(12-6)9(11)14/h2-5H,1H3,(H2,11,14). The minimum atomic E-state index is -0.600. The third-order valence-corrected chi connectivity index (χ3v) is 2.74. The van der Waals surface area contributed by atoms with Crippen LogP contribution in [0.2, 0.25) is 0 Å². The van der Waals surface area contributed by atoms with Gasteiger partial charge in [-0.05, 0) is 24.4 Å². The molecule has 0 aromatic carbocycles. The predicted molar refractivity (Wildman–Crippen MR) is 58.6 cm³/mol. The number of amides is 1. The van der Waals surface area contributed by atoms with Crippen molar-refractivity contribution in [3.8, 4) is 10.6 Å².